The minimum atomic E-state index is -3.55. The SMILES string of the molecule is COc1ccc(CN2CC3(CCN(S(=O)(=O)c4cccnc4)CC3)C2=O)cc1. The van der Waals surface area contributed by atoms with E-state index in [4.69, 9.17) is 4.74 Å². The molecule has 0 atom stereocenters. The molecule has 1 aromatic carbocycles. The smallest absolute Gasteiger partial charge is 0.244 e. The maximum atomic E-state index is 12.8. The first-order chi connectivity index (χ1) is 13.4. The van der Waals surface area contributed by atoms with Gasteiger partial charge in [0, 0.05) is 38.6 Å². The van der Waals surface area contributed by atoms with Crippen LogP contribution in [0.2, 0.25) is 0 Å². The molecule has 28 heavy (non-hydrogen) atoms. The van der Waals surface area contributed by atoms with Gasteiger partial charge in [-0.3, -0.25) is 9.78 Å². The van der Waals surface area contributed by atoms with Crippen LogP contribution in [0.1, 0.15) is 18.4 Å². The number of amides is 1. The summed E-state index contributed by atoms with van der Waals surface area (Å²) < 4.78 is 32.1. The summed E-state index contributed by atoms with van der Waals surface area (Å²) in [7, 11) is -1.92. The monoisotopic (exact) mass is 401 g/mol. The Morgan fingerprint density at radius 2 is 1.86 bits per heavy atom. The molecule has 1 amide bonds. The number of ether oxygens (including phenoxy) is 1. The van der Waals surface area contributed by atoms with E-state index in [9.17, 15) is 13.2 Å². The summed E-state index contributed by atoms with van der Waals surface area (Å²) in [6, 6.07) is 10.9. The third-order valence-electron chi connectivity index (χ3n) is 5.72. The van der Waals surface area contributed by atoms with E-state index in [1.807, 2.05) is 29.2 Å². The molecule has 0 saturated carbocycles. The zero-order valence-corrected chi connectivity index (χ0v) is 16.6. The number of pyridine rings is 1. The fraction of sp³-hybridized carbons (Fsp3) is 0.400. The summed E-state index contributed by atoms with van der Waals surface area (Å²) in [5, 5.41) is 0. The molecule has 148 valence electrons. The van der Waals surface area contributed by atoms with Crippen molar-refractivity contribution in [2.24, 2.45) is 5.41 Å². The number of likely N-dealkylation sites (tertiary alicyclic amines) is 1. The molecule has 2 fully saturated rings. The summed E-state index contributed by atoms with van der Waals surface area (Å²) in [4.78, 5) is 18.8. The summed E-state index contributed by atoms with van der Waals surface area (Å²) in [5.74, 6) is 0.916. The van der Waals surface area contributed by atoms with Crippen LogP contribution >= 0.6 is 0 Å². The van der Waals surface area contributed by atoms with Gasteiger partial charge in [-0.2, -0.15) is 4.31 Å². The van der Waals surface area contributed by atoms with E-state index in [1.165, 1.54) is 10.5 Å². The van der Waals surface area contributed by atoms with Crippen LogP contribution in [0.25, 0.3) is 0 Å². The van der Waals surface area contributed by atoms with Crippen molar-refractivity contribution in [3.8, 4) is 5.75 Å². The zero-order chi connectivity index (χ0) is 19.8. The third kappa shape index (κ3) is 3.27. The number of methoxy groups -OCH3 is 1. The predicted octanol–water partition coefficient (Wildman–Crippen LogP) is 1.90. The minimum Gasteiger partial charge on any atom is -0.497 e. The number of aromatic nitrogens is 1. The molecule has 0 unspecified atom stereocenters. The first-order valence-electron chi connectivity index (χ1n) is 9.27. The second-order valence-electron chi connectivity index (χ2n) is 7.38. The first kappa shape index (κ1) is 18.9. The number of piperidine rings is 1. The second kappa shape index (κ2) is 7.18. The number of nitrogens with zero attached hydrogens (tertiary/aromatic N) is 3. The molecular weight excluding hydrogens is 378 g/mol. The van der Waals surface area contributed by atoms with E-state index in [0.717, 1.165) is 11.3 Å². The van der Waals surface area contributed by atoms with Gasteiger partial charge in [-0.1, -0.05) is 12.1 Å². The number of carbonyl (C=O) groups excluding carboxylic acids is 1. The average Bonchev–Trinajstić information content (AvgIpc) is 2.74. The Balaban J connectivity index is 1.37. The first-order valence-corrected chi connectivity index (χ1v) is 10.7. The molecular formula is C20H23N3O4S. The number of benzene rings is 1. The van der Waals surface area contributed by atoms with E-state index in [2.05, 4.69) is 4.98 Å². The van der Waals surface area contributed by atoms with Crippen LogP contribution in [0, 0.1) is 5.41 Å². The van der Waals surface area contributed by atoms with Crippen molar-refractivity contribution >= 4 is 15.9 Å². The number of hydrogen-bond donors (Lipinski definition) is 0. The van der Waals surface area contributed by atoms with Gasteiger partial charge in [-0.15, -0.1) is 0 Å². The number of hydrogen-bond acceptors (Lipinski definition) is 5. The van der Waals surface area contributed by atoms with Gasteiger partial charge in [-0.05, 0) is 42.7 Å². The fourth-order valence-corrected chi connectivity index (χ4v) is 5.41. The lowest BCUT2D eigenvalue weighted by atomic mass is 9.71. The van der Waals surface area contributed by atoms with Crippen molar-refractivity contribution in [2.75, 3.05) is 26.7 Å². The summed E-state index contributed by atoms with van der Waals surface area (Å²) in [6.07, 6.45) is 4.04. The summed E-state index contributed by atoms with van der Waals surface area (Å²) in [5.41, 5.74) is 0.647. The van der Waals surface area contributed by atoms with Gasteiger partial charge in [0.05, 0.1) is 12.5 Å². The van der Waals surface area contributed by atoms with Crippen molar-refractivity contribution in [2.45, 2.75) is 24.3 Å². The van der Waals surface area contributed by atoms with Crippen molar-refractivity contribution in [1.29, 1.82) is 0 Å². The number of sulfonamides is 1. The average molecular weight is 401 g/mol. The molecule has 0 bridgehead atoms. The Hall–Kier alpha value is -2.45. The Bertz CT molecular complexity index is 953. The molecule has 8 heteroatoms. The van der Waals surface area contributed by atoms with E-state index in [0.29, 0.717) is 39.0 Å². The van der Waals surface area contributed by atoms with Gasteiger partial charge < -0.3 is 9.64 Å². The number of β-lactam (4-membered cyclic amide) rings is 1. The Morgan fingerprint density at radius 3 is 2.43 bits per heavy atom. The fourth-order valence-electron chi connectivity index (χ4n) is 4.00. The van der Waals surface area contributed by atoms with E-state index in [1.54, 1.807) is 25.4 Å². The van der Waals surface area contributed by atoms with Crippen molar-refractivity contribution in [3.63, 3.8) is 0 Å². The number of carbonyl (C=O) groups is 1. The third-order valence-corrected chi connectivity index (χ3v) is 7.60. The molecule has 1 aromatic heterocycles. The Morgan fingerprint density at radius 1 is 1.14 bits per heavy atom. The molecule has 2 saturated heterocycles. The number of rotatable bonds is 5. The van der Waals surface area contributed by atoms with Crippen LogP contribution < -0.4 is 4.74 Å². The molecule has 4 rings (SSSR count). The van der Waals surface area contributed by atoms with Gasteiger partial charge in [0.25, 0.3) is 0 Å². The van der Waals surface area contributed by atoms with E-state index >= 15 is 0 Å². The topological polar surface area (TPSA) is 79.8 Å². The highest BCUT2D eigenvalue weighted by Gasteiger charge is 2.53. The van der Waals surface area contributed by atoms with E-state index in [-0.39, 0.29) is 10.8 Å². The van der Waals surface area contributed by atoms with Gasteiger partial charge in [0.2, 0.25) is 15.9 Å². The van der Waals surface area contributed by atoms with Crippen LogP contribution in [0.3, 0.4) is 0 Å². The summed E-state index contributed by atoms with van der Waals surface area (Å²) >= 11 is 0. The highest BCUT2D eigenvalue weighted by Crippen LogP contribution is 2.43. The second-order valence-corrected chi connectivity index (χ2v) is 9.32. The highest BCUT2D eigenvalue weighted by atomic mass is 32.2. The van der Waals surface area contributed by atoms with Gasteiger partial charge in [-0.25, -0.2) is 8.42 Å². The van der Waals surface area contributed by atoms with Crippen molar-refractivity contribution < 1.29 is 17.9 Å². The quantitative estimate of drug-likeness (QED) is 0.715. The van der Waals surface area contributed by atoms with Crippen molar-refractivity contribution in [3.05, 3.63) is 54.4 Å². The summed E-state index contributed by atoms with van der Waals surface area (Å²) in [6.45, 7) is 1.97. The molecule has 2 aliphatic heterocycles. The zero-order valence-electron chi connectivity index (χ0n) is 15.7. The van der Waals surface area contributed by atoms with Crippen LogP contribution in [-0.2, 0) is 21.4 Å². The molecule has 1 spiro atoms. The Kier molecular flexibility index (Phi) is 4.84. The maximum Gasteiger partial charge on any atom is 0.244 e. The van der Waals surface area contributed by atoms with Crippen LogP contribution in [0.15, 0.2) is 53.7 Å². The lowest BCUT2D eigenvalue weighted by Gasteiger charge is -2.52. The molecule has 2 aromatic rings. The predicted molar refractivity (Wildman–Crippen MR) is 103 cm³/mol. The normalized spacial score (nSPS) is 19.5. The molecule has 7 nitrogen and oxygen atoms in total. The Labute approximate surface area is 165 Å². The van der Waals surface area contributed by atoms with Crippen LogP contribution in [-0.4, -0.2) is 55.3 Å². The molecule has 3 heterocycles. The lowest BCUT2D eigenvalue weighted by molar-refractivity contribution is -0.165. The van der Waals surface area contributed by atoms with Crippen LogP contribution in [0.5, 0.6) is 5.75 Å². The van der Waals surface area contributed by atoms with Crippen molar-refractivity contribution in [1.82, 2.24) is 14.2 Å². The standard InChI is InChI=1S/C20H23N3O4S/c1-27-17-6-4-16(5-7-17)14-22-15-20(19(22)24)8-11-23(12-9-20)28(25,26)18-3-2-10-21-13-18/h2-7,10,13H,8-9,11-12,14-15H2,1H3. The molecule has 2 aliphatic rings. The maximum absolute atomic E-state index is 12.8. The molecule has 0 radical (unpaired) electrons. The van der Waals surface area contributed by atoms with Crippen LogP contribution in [0.4, 0.5) is 0 Å². The molecule has 0 N–H and O–H groups in total. The highest BCUT2D eigenvalue weighted by molar-refractivity contribution is 7.89. The van der Waals surface area contributed by atoms with E-state index < -0.39 is 15.4 Å². The largest absolute Gasteiger partial charge is 0.497 e. The van der Waals surface area contributed by atoms with Gasteiger partial charge in [0.15, 0.2) is 0 Å². The minimum absolute atomic E-state index is 0.127. The molecule has 0 aliphatic carbocycles. The lowest BCUT2D eigenvalue weighted by Crippen LogP contribution is -2.64. The van der Waals surface area contributed by atoms with Gasteiger partial charge >= 0.3 is 0 Å². The van der Waals surface area contributed by atoms with Gasteiger partial charge in [0.1, 0.15) is 10.6 Å².